The molecule has 0 bridgehead atoms. The fraction of sp³-hybridized carbons (Fsp3) is 1.00. The van der Waals surface area contributed by atoms with Gasteiger partial charge in [0.2, 0.25) is 6.54 Å². The minimum atomic E-state index is -1.82. The van der Waals surface area contributed by atoms with E-state index in [1.807, 2.05) is 0 Å². The Morgan fingerprint density at radius 3 is 1.87 bits per heavy atom. The predicted octanol–water partition coefficient (Wildman–Crippen LogP) is 0.355. The summed E-state index contributed by atoms with van der Waals surface area (Å²) >= 11 is 0. The van der Waals surface area contributed by atoms with Gasteiger partial charge in [0.1, 0.15) is 0 Å². The summed E-state index contributed by atoms with van der Waals surface area (Å²) in [6, 6.07) is 0. The van der Waals surface area contributed by atoms with E-state index in [4.69, 9.17) is 0 Å². The summed E-state index contributed by atoms with van der Waals surface area (Å²) in [6.45, 7) is -0.112. The van der Waals surface area contributed by atoms with Crippen molar-refractivity contribution < 1.29 is 14.8 Å². The molecule has 86 valence electrons. The molecule has 9 heteroatoms. The van der Waals surface area contributed by atoms with E-state index < -0.39 is 39.8 Å². The zero-order chi connectivity index (χ0) is 12.1. The molecule has 0 radical (unpaired) electrons. The highest BCUT2D eigenvalue weighted by molar-refractivity contribution is 4.76. The second-order valence-corrected chi connectivity index (χ2v) is 3.13. The first-order valence-electron chi connectivity index (χ1n) is 4.22. The molecule has 0 rings (SSSR count). The molecule has 0 spiro atoms. The first-order chi connectivity index (χ1) is 6.84. The summed E-state index contributed by atoms with van der Waals surface area (Å²) in [4.78, 5) is 28.7. The van der Waals surface area contributed by atoms with Gasteiger partial charge < -0.3 is 0 Å². The first kappa shape index (κ1) is 13.2. The van der Waals surface area contributed by atoms with Crippen molar-refractivity contribution in [3.63, 3.8) is 0 Å². The zero-order valence-corrected chi connectivity index (χ0v) is 8.12. The number of nitro groups is 3. The van der Waals surface area contributed by atoms with Crippen LogP contribution in [0.5, 0.6) is 0 Å². The van der Waals surface area contributed by atoms with Crippen LogP contribution in [0, 0.1) is 30.3 Å². The van der Waals surface area contributed by atoms with Gasteiger partial charge >= 0.3 is 0 Å². The van der Waals surface area contributed by atoms with Gasteiger partial charge in [-0.2, -0.15) is 0 Å². The lowest BCUT2D eigenvalue weighted by atomic mass is 9.93. The second-order valence-electron chi connectivity index (χ2n) is 3.13. The topological polar surface area (TPSA) is 129 Å². The normalized spacial score (nSPS) is 14.2. The molecule has 0 aliphatic heterocycles. The van der Waals surface area contributed by atoms with Crippen molar-refractivity contribution in [3.8, 4) is 0 Å². The van der Waals surface area contributed by atoms with Gasteiger partial charge in [-0.3, -0.25) is 30.3 Å². The second kappa shape index (κ2) is 5.17. The van der Waals surface area contributed by atoms with Gasteiger partial charge in [-0.1, -0.05) is 6.92 Å². The van der Waals surface area contributed by atoms with Crippen molar-refractivity contribution in [2.24, 2.45) is 0 Å². The van der Waals surface area contributed by atoms with Crippen LogP contribution >= 0.6 is 0 Å². The molecular formula is C6H11N3O6. The summed E-state index contributed by atoms with van der Waals surface area (Å²) in [7, 11) is 0. The molecule has 0 saturated carbocycles. The fourth-order valence-corrected chi connectivity index (χ4v) is 1.19. The van der Waals surface area contributed by atoms with Crippen molar-refractivity contribution in [1.29, 1.82) is 0 Å². The number of hydrogen-bond acceptors (Lipinski definition) is 6. The Kier molecular flexibility index (Phi) is 4.55. The Morgan fingerprint density at radius 2 is 1.60 bits per heavy atom. The Bertz CT molecular complexity index is 280. The van der Waals surface area contributed by atoms with Crippen molar-refractivity contribution >= 4 is 0 Å². The first-order valence-corrected chi connectivity index (χ1v) is 4.22. The number of rotatable bonds is 7. The van der Waals surface area contributed by atoms with Crippen LogP contribution in [-0.4, -0.2) is 33.4 Å². The summed E-state index contributed by atoms with van der Waals surface area (Å²) < 4.78 is 0. The molecule has 0 N–H and O–H groups in total. The average molecular weight is 221 g/mol. The third-order valence-electron chi connectivity index (χ3n) is 2.23. The minimum Gasteiger partial charge on any atom is -0.265 e. The fourth-order valence-electron chi connectivity index (χ4n) is 1.19. The standard InChI is InChI=1S/C6H11N3O6/c1-2-6(9(14)15,5-8(12)13)3-4-7(10)11/h2-5H2,1H3. The van der Waals surface area contributed by atoms with Gasteiger partial charge in [-0.05, 0) is 0 Å². The Balaban J connectivity index is 4.72. The predicted molar refractivity (Wildman–Crippen MR) is 48.4 cm³/mol. The zero-order valence-electron chi connectivity index (χ0n) is 8.12. The molecule has 0 aromatic heterocycles. The lowest BCUT2D eigenvalue weighted by molar-refractivity contribution is -0.634. The average Bonchev–Trinajstić information content (AvgIpc) is 2.11. The molecule has 0 heterocycles. The van der Waals surface area contributed by atoms with Crippen LogP contribution in [-0.2, 0) is 0 Å². The maximum Gasteiger partial charge on any atom is 0.291 e. The van der Waals surface area contributed by atoms with E-state index in [-0.39, 0.29) is 6.42 Å². The molecule has 15 heavy (non-hydrogen) atoms. The third-order valence-corrected chi connectivity index (χ3v) is 2.23. The highest BCUT2D eigenvalue weighted by Crippen LogP contribution is 2.20. The molecule has 0 fully saturated rings. The SMILES string of the molecule is CCC(CC[N+](=O)[O-])(C[N+](=O)[O-])[N+](=O)[O-]. The molecule has 0 aromatic carbocycles. The van der Waals surface area contributed by atoms with Gasteiger partial charge in [0.25, 0.3) is 12.1 Å². The Labute approximate surface area is 84.5 Å². The van der Waals surface area contributed by atoms with Crippen molar-refractivity contribution in [2.75, 3.05) is 13.1 Å². The van der Waals surface area contributed by atoms with E-state index in [9.17, 15) is 30.3 Å². The van der Waals surface area contributed by atoms with Gasteiger partial charge in [-0.25, -0.2) is 0 Å². The van der Waals surface area contributed by atoms with Crippen LogP contribution in [0.2, 0.25) is 0 Å². The van der Waals surface area contributed by atoms with Gasteiger partial charge in [0.15, 0.2) is 0 Å². The summed E-state index contributed by atoms with van der Waals surface area (Å²) in [5.74, 6) is 0. The smallest absolute Gasteiger partial charge is 0.265 e. The summed E-state index contributed by atoms with van der Waals surface area (Å²) in [5.41, 5.74) is -1.82. The van der Waals surface area contributed by atoms with Crippen LogP contribution in [0.1, 0.15) is 19.8 Å². The van der Waals surface area contributed by atoms with E-state index in [0.29, 0.717) is 0 Å². The molecule has 0 aliphatic rings. The molecule has 0 amide bonds. The molecule has 1 unspecified atom stereocenters. The van der Waals surface area contributed by atoms with Crippen molar-refractivity contribution in [3.05, 3.63) is 30.3 Å². The van der Waals surface area contributed by atoms with Gasteiger partial charge in [0, 0.05) is 21.2 Å². The maximum atomic E-state index is 10.7. The van der Waals surface area contributed by atoms with Crippen molar-refractivity contribution in [1.82, 2.24) is 0 Å². The van der Waals surface area contributed by atoms with Crippen LogP contribution in [0.25, 0.3) is 0 Å². The van der Waals surface area contributed by atoms with Crippen LogP contribution in [0.3, 0.4) is 0 Å². The monoisotopic (exact) mass is 221 g/mol. The molecule has 0 aromatic rings. The van der Waals surface area contributed by atoms with E-state index in [1.54, 1.807) is 0 Å². The maximum absolute atomic E-state index is 10.7. The molecular weight excluding hydrogens is 210 g/mol. The number of hydrogen-bond donors (Lipinski definition) is 0. The Morgan fingerprint density at radius 1 is 1.07 bits per heavy atom. The number of nitrogens with zero attached hydrogens (tertiary/aromatic N) is 3. The highest BCUT2D eigenvalue weighted by Gasteiger charge is 2.47. The largest absolute Gasteiger partial charge is 0.291 e. The highest BCUT2D eigenvalue weighted by atomic mass is 16.6. The summed E-state index contributed by atoms with van der Waals surface area (Å²) in [5, 5.41) is 31.0. The van der Waals surface area contributed by atoms with E-state index in [2.05, 4.69) is 0 Å². The lowest BCUT2D eigenvalue weighted by Crippen LogP contribution is -2.45. The van der Waals surface area contributed by atoms with E-state index in [1.165, 1.54) is 6.92 Å². The minimum absolute atomic E-state index is 0.102. The van der Waals surface area contributed by atoms with Crippen LogP contribution in [0.4, 0.5) is 0 Å². The molecule has 1 atom stereocenters. The van der Waals surface area contributed by atoms with Crippen molar-refractivity contribution in [2.45, 2.75) is 25.3 Å². The van der Waals surface area contributed by atoms with Crippen LogP contribution < -0.4 is 0 Å². The molecule has 0 aliphatic carbocycles. The van der Waals surface area contributed by atoms with Gasteiger partial charge in [0.05, 0.1) is 6.42 Å². The van der Waals surface area contributed by atoms with E-state index in [0.717, 1.165) is 0 Å². The van der Waals surface area contributed by atoms with Crippen LogP contribution in [0.15, 0.2) is 0 Å². The molecule has 0 saturated heterocycles. The lowest BCUT2D eigenvalue weighted by Gasteiger charge is -2.17. The quantitative estimate of drug-likeness (QED) is 0.450. The van der Waals surface area contributed by atoms with Gasteiger partial charge in [-0.15, -0.1) is 0 Å². The molecule has 9 nitrogen and oxygen atoms in total. The third kappa shape index (κ3) is 3.83. The Hall–Kier alpha value is -1.80. The van der Waals surface area contributed by atoms with E-state index >= 15 is 0 Å². The summed E-state index contributed by atoms with van der Waals surface area (Å²) in [6.07, 6.45) is -0.528.